The van der Waals surface area contributed by atoms with Gasteiger partial charge in [-0.1, -0.05) is 18.2 Å². The first-order valence-electron chi connectivity index (χ1n) is 7.70. The molecule has 0 saturated carbocycles. The Balaban J connectivity index is 2.54. The Morgan fingerprint density at radius 3 is 2.38 bits per heavy atom. The molecule has 1 atom stereocenters. The van der Waals surface area contributed by atoms with Crippen LogP contribution in [0.2, 0.25) is 0 Å². The lowest BCUT2D eigenvalue weighted by molar-refractivity contribution is -0.137. The van der Waals surface area contributed by atoms with Crippen molar-refractivity contribution in [3.05, 3.63) is 53.6 Å². The highest BCUT2D eigenvalue weighted by Crippen LogP contribution is 2.36. The molecule has 0 heterocycles. The smallest absolute Gasteiger partial charge is 0.305 e. The van der Waals surface area contributed by atoms with Gasteiger partial charge in [0.2, 0.25) is 0 Å². The molecule has 0 aliphatic carbocycles. The number of para-hydroxylation sites is 1. The fraction of sp³-hybridized carbons (Fsp3) is 0.316. The van der Waals surface area contributed by atoms with E-state index in [0.29, 0.717) is 11.5 Å². The summed E-state index contributed by atoms with van der Waals surface area (Å²) in [5, 5.41) is 9.40. The molecule has 0 aliphatic heterocycles. The average Bonchev–Trinajstić information content (AvgIpc) is 2.60. The maximum atomic E-state index is 11.4. The van der Waals surface area contributed by atoms with Gasteiger partial charge in [-0.3, -0.25) is 4.79 Å². The van der Waals surface area contributed by atoms with E-state index < -0.39 is 5.97 Å². The second-order valence-electron chi connectivity index (χ2n) is 5.60. The van der Waals surface area contributed by atoms with Gasteiger partial charge in [0.05, 0.1) is 26.7 Å². The highest BCUT2D eigenvalue weighted by molar-refractivity contribution is 5.70. The van der Waals surface area contributed by atoms with E-state index in [4.69, 9.17) is 9.47 Å². The van der Waals surface area contributed by atoms with Gasteiger partial charge in [0.1, 0.15) is 11.5 Å². The third-order valence-electron chi connectivity index (χ3n) is 4.19. The van der Waals surface area contributed by atoms with Gasteiger partial charge in [-0.2, -0.15) is 0 Å². The van der Waals surface area contributed by atoms with Crippen LogP contribution in [0.1, 0.15) is 23.6 Å². The summed E-state index contributed by atoms with van der Waals surface area (Å²) in [6, 6.07) is 13.1. The van der Waals surface area contributed by atoms with Crippen molar-refractivity contribution < 1.29 is 19.4 Å². The summed E-state index contributed by atoms with van der Waals surface area (Å²) in [5.74, 6) is 0.467. The number of ether oxygens (including phenoxy) is 2. The van der Waals surface area contributed by atoms with Crippen LogP contribution in [0.15, 0.2) is 42.5 Å². The molecular weight excluding hydrogens is 306 g/mol. The maximum absolute atomic E-state index is 11.4. The number of hydrogen-bond donors (Lipinski definition) is 1. The van der Waals surface area contributed by atoms with Gasteiger partial charge in [0.25, 0.3) is 0 Å². The minimum Gasteiger partial charge on any atom is -0.497 e. The molecule has 0 fully saturated rings. The molecule has 0 aliphatic rings. The number of carboxylic acid groups (broad SMARTS) is 1. The summed E-state index contributed by atoms with van der Waals surface area (Å²) in [5.41, 5.74) is 2.73. The Bertz CT molecular complexity index is 700. The summed E-state index contributed by atoms with van der Waals surface area (Å²) < 4.78 is 10.8. The molecule has 0 radical (unpaired) electrons. The number of rotatable bonds is 7. The minimum absolute atomic E-state index is 0.0252. The first-order chi connectivity index (χ1) is 11.5. The molecule has 24 heavy (non-hydrogen) atoms. The first-order valence-corrected chi connectivity index (χ1v) is 7.70. The van der Waals surface area contributed by atoms with Gasteiger partial charge in [-0.25, -0.2) is 0 Å². The minimum atomic E-state index is -0.857. The molecule has 5 heteroatoms. The molecule has 0 spiro atoms. The van der Waals surface area contributed by atoms with Gasteiger partial charge in [-0.15, -0.1) is 0 Å². The zero-order valence-corrected chi connectivity index (χ0v) is 14.4. The second kappa shape index (κ2) is 7.73. The predicted octanol–water partition coefficient (Wildman–Crippen LogP) is 3.66. The van der Waals surface area contributed by atoms with Crippen molar-refractivity contribution >= 4 is 11.7 Å². The summed E-state index contributed by atoms with van der Waals surface area (Å²) in [6.07, 6.45) is -0.0252. The fourth-order valence-corrected chi connectivity index (χ4v) is 2.82. The third kappa shape index (κ3) is 3.79. The van der Waals surface area contributed by atoms with Crippen molar-refractivity contribution in [3.63, 3.8) is 0 Å². The van der Waals surface area contributed by atoms with Gasteiger partial charge in [-0.05, 0) is 36.2 Å². The van der Waals surface area contributed by atoms with E-state index >= 15 is 0 Å². The van der Waals surface area contributed by atoms with Crippen LogP contribution in [0.25, 0.3) is 0 Å². The van der Waals surface area contributed by atoms with Crippen molar-refractivity contribution in [1.29, 1.82) is 0 Å². The SMILES string of the molecule is COc1cc(OC)c(C)c(C(CC(=O)O)N(C)c2ccccc2)c1. The molecule has 2 aromatic carbocycles. The lowest BCUT2D eigenvalue weighted by Gasteiger charge is -2.31. The highest BCUT2D eigenvalue weighted by Gasteiger charge is 2.24. The van der Waals surface area contributed by atoms with Crippen molar-refractivity contribution in [2.45, 2.75) is 19.4 Å². The van der Waals surface area contributed by atoms with Crippen LogP contribution in [0, 0.1) is 6.92 Å². The fourth-order valence-electron chi connectivity index (χ4n) is 2.82. The number of benzene rings is 2. The lowest BCUT2D eigenvalue weighted by atomic mass is 9.96. The first kappa shape index (κ1) is 17.7. The summed E-state index contributed by atoms with van der Waals surface area (Å²) >= 11 is 0. The number of hydrogen-bond acceptors (Lipinski definition) is 4. The monoisotopic (exact) mass is 329 g/mol. The average molecular weight is 329 g/mol. The molecule has 1 N–H and O–H groups in total. The van der Waals surface area contributed by atoms with Gasteiger partial charge in [0, 0.05) is 18.8 Å². The molecule has 2 aromatic rings. The van der Waals surface area contributed by atoms with Crippen molar-refractivity contribution in [3.8, 4) is 11.5 Å². The third-order valence-corrected chi connectivity index (χ3v) is 4.19. The summed E-state index contributed by atoms with van der Waals surface area (Å²) in [4.78, 5) is 13.4. The summed E-state index contributed by atoms with van der Waals surface area (Å²) in [7, 11) is 5.08. The molecule has 1 unspecified atom stereocenters. The van der Waals surface area contributed by atoms with Crippen LogP contribution in [-0.4, -0.2) is 32.3 Å². The van der Waals surface area contributed by atoms with Gasteiger partial charge in [0.15, 0.2) is 0 Å². The standard InChI is InChI=1S/C19H23NO4/c1-13-16(10-15(23-3)11-18(13)24-4)17(12-19(21)22)20(2)14-8-6-5-7-9-14/h5-11,17H,12H2,1-4H3,(H,21,22). The zero-order chi connectivity index (χ0) is 17.7. The molecule has 0 amide bonds. The van der Waals surface area contributed by atoms with Gasteiger partial charge >= 0.3 is 5.97 Å². The molecule has 2 rings (SSSR count). The van der Waals surface area contributed by atoms with Crippen LogP contribution in [0.3, 0.4) is 0 Å². The summed E-state index contributed by atoms with van der Waals surface area (Å²) in [6.45, 7) is 1.93. The quantitative estimate of drug-likeness (QED) is 0.840. The number of anilines is 1. The van der Waals surface area contributed by atoms with E-state index in [1.807, 2.05) is 55.3 Å². The Hall–Kier alpha value is -2.69. The Morgan fingerprint density at radius 2 is 1.83 bits per heavy atom. The highest BCUT2D eigenvalue weighted by atomic mass is 16.5. The van der Waals surface area contributed by atoms with Crippen LogP contribution >= 0.6 is 0 Å². The van der Waals surface area contributed by atoms with Crippen LogP contribution in [-0.2, 0) is 4.79 Å². The largest absolute Gasteiger partial charge is 0.497 e. The Labute approximate surface area is 142 Å². The topological polar surface area (TPSA) is 59.0 Å². The predicted molar refractivity (Wildman–Crippen MR) is 94.1 cm³/mol. The van der Waals surface area contributed by atoms with E-state index in [9.17, 15) is 9.90 Å². The normalized spacial score (nSPS) is 11.7. The van der Waals surface area contributed by atoms with E-state index in [-0.39, 0.29) is 12.5 Å². The van der Waals surface area contributed by atoms with E-state index in [0.717, 1.165) is 16.8 Å². The molecule has 128 valence electrons. The lowest BCUT2D eigenvalue weighted by Crippen LogP contribution is -2.27. The number of methoxy groups -OCH3 is 2. The molecule has 0 saturated heterocycles. The van der Waals surface area contributed by atoms with Crippen LogP contribution in [0.4, 0.5) is 5.69 Å². The van der Waals surface area contributed by atoms with Crippen LogP contribution < -0.4 is 14.4 Å². The molecule has 0 bridgehead atoms. The number of nitrogens with zero attached hydrogens (tertiary/aromatic N) is 1. The zero-order valence-electron chi connectivity index (χ0n) is 14.4. The second-order valence-corrected chi connectivity index (χ2v) is 5.60. The van der Waals surface area contributed by atoms with E-state index in [2.05, 4.69) is 0 Å². The van der Waals surface area contributed by atoms with Gasteiger partial charge < -0.3 is 19.5 Å². The maximum Gasteiger partial charge on any atom is 0.305 e. The van der Waals surface area contributed by atoms with Crippen molar-refractivity contribution in [2.24, 2.45) is 0 Å². The molecule has 0 aromatic heterocycles. The van der Waals surface area contributed by atoms with E-state index in [1.165, 1.54) is 0 Å². The van der Waals surface area contributed by atoms with E-state index in [1.54, 1.807) is 20.3 Å². The van der Waals surface area contributed by atoms with Crippen molar-refractivity contribution in [1.82, 2.24) is 0 Å². The van der Waals surface area contributed by atoms with Crippen LogP contribution in [0.5, 0.6) is 11.5 Å². The number of aliphatic carboxylic acids is 1. The Kier molecular flexibility index (Phi) is 5.68. The molecular formula is C19H23NO4. The number of carboxylic acids is 1. The Morgan fingerprint density at radius 1 is 1.17 bits per heavy atom. The number of carbonyl (C=O) groups is 1. The molecule has 5 nitrogen and oxygen atoms in total. The van der Waals surface area contributed by atoms with Crippen molar-refractivity contribution in [2.75, 3.05) is 26.2 Å².